The fourth-order valence-corrected chi connectivity index (χ4v) is 1.86. The second kappa shape index (κ2) is 6.68. The standard InChI is InChI=1S/C15H16ClFN2O/c1-3-18-8-11-6-10(2)15(19-9-11)20-12-4-5-13(16)14(17)7-12/h4-7,9,18H,3,8H2,1-2H3. The Morgan fingerprint density at radius 3 is 2.80 bits per heavy atom. The minimum absolute atomic E-state index is 0.0722. The highest BCUT2D eigenvalue weighted by molar-refractivity contribution is 6.30. The summed E-state index contributed by atoms with van der Waals surface area (Å²) in [5.74, 6) is 0.333. The molecule has 1 heterocycles. The molecule has 0 aliphatic rings. The predicted octanol–water partition coefficient (Wildman–Crippen LogP) is 4.08. The van der Waals surface area contributed by atoms with Crippen molar-refractivity contribution in [3.05, 3.63) is 52.4 Å². The van der Waals surface area contributed by atoms with Crippen molar-refractivity contribution in [2.75, 3.05) is 6.54 Å². The number of pyridine rings is 1. The average molecular weight is 295 g/mol. The number of nitrogens with one attached hydrogen (secondary N) is 1. The summed E-state index contributed by atoms with van der Waals surface area (Å²) in [6.07, 6.45) is 1.75. The van der Waals surface area contributed by atoms with Gasteiger partial charge in [0, 0.05) is 24.4 Å². The van der Waals surface area contributed by atoms with E-state index in [1.165, 1.54) is 12.1 Å². The topological polar surface area (TPSA) is 34.2 Å². The lowest BCUT2D eigenvalue weighted by Gasteiger charge is -2.10. The molecule has 0 unspecified atom stereocenters. The molecular weight excluding hydrogens is 279 g/mol. The van der Waals surface area contributed by atoms with Gasteiger partial charge in [-0.1, -0.05) is 18.5 Å². The zero-order chi connectivity index (χ0) is 14.5. The number of benzene rings is 1. The molecule has 3 nitrogen and oxygen atoms in total. The van der Waals surface area contributed by atoms with Crippen molar-refractivity contribution in [1.29, 1.82) is 0 Å². The molecule has 0 aliphatic carbocycles. The van der Waals surface area contributed by atoms with Gasteiger partial charge in [-0.2, -0.15) is 0 Å². The molecule has 0 aliphatic heterocycles. The number of halogens is 2. The van der Waals surface area contributed by atoms with Crippen molar-refractivity contribution < 1.29 is 9.13 Å². The van der Waals surface area contributed by atoms with Gasteiger partial charge >= 0.3 is 0 Å². The lowest BCUT2D eigenvalue weighted by molar-refractivity contribution is 0.453. The van der Waals surface area contributed by atoms with Crippen molar-refractivity contribution in [2.45, 2.75) is 20.4 Å². The van der Waals surface area contributed by atoms with Crippen LogP contribution < -0.4 is 10.1 Å². The van der Waals surface area contributed by atoms with Gasteiger partial charge in [0.25, 0.3) is 0 Å². The number of rotatable bonds is 5. The monoisotopic (exact) mass is 294 g/mol. The lowest BCUT2D eigenvalue weighted by Crippen LogP contribution is -2.12. The van der Waals surface area contributed by atoms with Crippen LogP contribution in [0.4, 0.5) is 4.39 Å². The normalized spacial score (nSPS) is 10.6. The zero-order valence-electron chi connectivity index (χ0n) is 11.4. The van der Waals surface area contributed by atoms with Crippen LogP contribution in [-0.2, 0) is 6.54 Å². The molecule has 1 aromatic heterocycles. The van der Waals surface area contributed by atoms with Crippen molar-refractivity contribution in [1.82, 2.24) is 10.3 Å². The Morgan fingerprint density at radius 1 is 1.35 bits per heavy atom. The molecule has 0 saturated heterocycles. The Labute approximate surface area is 122 Å². The average Bonchev–Trinajstić information content (AvgIpc) is 2.43. The van der Waals surface area contributed by atoms with Crippen LogP contribution in [0.3, 0.4) is 0 Å². The first-order chi connectivity index (χ1) is 9.60. The number of aryl methyl sites for hydroxylation is 1. The highest BCUT2D eigenvalue weighted by Gasteiger charge is 2.07. The van der Waals surface area contributed by atoms with E-state index >= 15 is 0 Å². The van der Waals surface area contributed by atoms with Crippen molar-refractivity contribution >= 4 is 11.6 Å². The van der Waals surface area contributed by atoms with Crippen LogP contribution in [0.15, 0.2) is 30.5 Å². The fraction of sp³-hybridized carbons (Fsp3) is 0.267. The molecule has 0 bridgehead atoms. The summed E-state index contributed by atoms with van der Waals surface area (Å²) in [5.41, 5.74) is 1.98. The maximum Gasteiger partial charge on any atom is 0.222 e. The Bertz CT molecular complexity index is 604. The molecule has 0 atom stereocenters. The van der Waals surface area contributed by atoms with Gasteiger partial charge in [-0.25, -0.2) is 9.37 Å². The zero-order valence-corrected chi connectivity index (χ0v) is 12.2. The van der Waals surface area contributed by atoms with Crippen molar-refractivity contribution in [2.24, 2.45) is 0 Å². The SMILES string of the molecule is CCNCc1cnc(Oc2ccc(Cl)c(F)c2)c(C)c1. The number of ether oxygens (including phenoxy) is 1. The second-order valence-corrected chi connectivity index (χ2v) is 4.83. The van der Waals surface area contributed by atoms with Crippen LogP contribution in [0.25, 0.3) is 0 Å². The van der Waals surface area contributed by atoms with E-state index in [4.69, 9.17) is 16.3 Å². The van der Waals surface area contributed by atoms with Crippen molar-refractivity contribution in [3.8, 4) is 11.6 Å². The highest BCUT2D eigenvalue weighted by Crippen LogP contribution is 2.26. The fourth-order valence-electron chi connectivity index (χ4n) is 1.75. The molecular formula is C15H16ClFN2O. The summed E-state index contributed by atoms with van der Waals surface area (Å²) >= 11 is 5.63. The number of hydrogen-bond donors (Lipinski definition) is 1. The minimum Gasteiger partial charge on any atom is -0.439 e. The predicted molar refractivity (Wildman–Crippen MR) is 77.8 cm³/mol. The van der Waals surface area contributed by atoms with Crippen LogP contribution in [0.1, 0.15) is 18.1 Å². The van der Waals surface area contributed by atoms with Crippen LogP contribution in [0.2, 0.25) is 5.02 Å². The van der Waals surface area contributed by atoms with Gasteiger partial charge in [0.15, 0.2) is 0 Å². The summed E-state index contributed by atoms with van der Waals surface area (Å²) in [7, 11) is 0. The first-order valence-electron chi connectivity index (χ1n) is 6.39. The van der Waals surface area contributed by atoms with E-state index in [0.717, 1.165) is 24.2 Å². The van der Waals surface area contributed by atoms with Gasteiger partial charge in [-0.3, -0.25) is 0 Å². The lowest BCUT2D eigenvalue weighted by atomic mass is 10.2. The molecule has 2 aromatic rings. The second-order valence-electron chi connectivity index (χ2n) is 4.42. The third kappa shape index (κ3) is 3.68. The van der Waals surface area contributed by atoms with Gasteiger partial charge in [0.2, 0.25) is 5.88 Å². The molecule has 0 saturated carbocycles. The van der Waals surface area contributed by atoms with Crippen LogP contribution in [0.5, 0.6) is 11.6 Å². The number of nitrogens with zero attached hydrogens (tertiary/aromatic N) is 1. The molecule has 0 spiro atoms. The van der Waals surface area contributed by atoms with Gasteiger partial charge in [0.1, 0.15) is 11.6 Å². The van der Waals surface area contributed by atoms with E-state index in [1.807, 2.05) is 19.9 Å². The molecule has 2 rings (SSSR count). The van der Waals surface area contributed by atoms with E-state index in [-0.39, 0.29) is 5.02 Å². The summed E-state index contributed by atoms with van der Waals surface area (Å²) in [6, 6.07) is 6.31. The maximum absolute atomic E-state index is 13.3. The summed E-state index contributed by atoms with van der Waals surface area (Å²) in [6.45, 7) is 5.62. The molecule has 20 heavy (non-hydrogen) atoms. The largest absolute Gasteiger partial charge is 0.439 e. The third-order valence-electron chi connectivity index (χ3n) is 2.77. The number of hydrogen-bond acceptors (Lipinski definition) is 3. The van der Waals surface area contributed by atoms with Crippen LogP contribution in [-0.4, -0.2) is 11.5 Å². The Kier molecular flexibility index (Phi) is 4.93. The summed E-state index contributed by atoms with van der Waals surface area (Å²) in [4.78, 5) is 4.26. The maximum atomic E-state index is 13.3. The van der Waals surface area contributed by atoms with Crippen molar-refractivity contribution in [3.63, 3.8) is 0 Å². The highest BCUT2D eigenvalue weighted by atomic mass is 35.5. The molecule has 0 amide bonds. The van der Waals surface area contributed by atoms with Crippen LogP contribution >= 0.6 is 11.6 Å². The minimum atomic E-state index is -0.509. The molecule has 1 aromatic carbocycles. The van der Waals surface area contributed by atoms with E-state index in [0.29, 0.717) is 11.6 Å². The smallest absolute Gasteiger partial charge is 0.222 e. The first kappa shape index (κ1) is 14.8. The summed E-state index contributed by atoms with van der Waals surface area (Å²) < 4.78 is 18.9. The third-order valence-corrected chi connectivity index (χ3v) is 3.08. The van der Waals surface area contributed by atoms with Gasteiger partial charge in [0.05, 0.1) is 5.02 Å². The van der Waals surface area contributed by atoms with E-state index in [1.54, 1.807) is 12.3 Å². The molecule has 1 N–H and O–H groups in total. The van der Waals surface area contributed by atoms with E-state index in [9.17, 15) is 4.39 Å². The van der Waals surface area contributed by atoms with Gasteiger partial charge in [-0.05, 0) is 37.2 Å². The quantitative estimate of drug-likeness (QED) is 0.902. The molecule has 0 radical (unpaired) electrons. The molecule has 5 heteroatoms. The molecule has 106 valence electrons. The number of aromatic nitrogens is 1. The van der Waals surface area contributed by atoms with E-state index in [2.05, 4.69) is 10.3 Å². The van der Waals surface area contributed by atoms with Gasteiger partial charge < -0.3 is 10.1 Å². The molecule has 0 fully saturated rings. The van der Waals surface area contributed by atoms with Crippen LogP contribution in [0, 0.1) is 12.7 Å². The Balaban J connectivity index is 2.14. The van der Waals surface area contributed by atoms with Gasteiger partial charge in [-0.15, -0.1) is 0 Å². The van der Waals surface area contributed by atoms with E-state index < -0.39 is 5.82 Å². The summed E-state index contributed by atoms with van der Waals surface area (Å²) in [5, 5.41) is 3.30. The first-order valence-corrected chi connectivity index (χ1v) is 6.77. The Hall–Kier alpha value is -1.65. The Morgan fingerprint density at radius 2 is 2.15 bits per heavy atom.